The molecule has 7 nitrogen and oxygen atoms in total. The van der Waals surface area contributed by atoms with Crippen molar-refractivity contribution in [2.75, 3.05) is 6.54 Å². The van der Waals surface area contributed by atoms with E-state index in [2.05, 4.69) is 5.10 Å². The van der Waals surface area contributed by atoms with Crippen LogP contribution in [-0.4, -0.2) is 27.4 Å². The van der Waals surface area contributed by atoms with E-state index in [0.29, 0.717) is 6.42 Å². The number of aryl methyl sites for hydroxylation is 1. The normalized spacial score (nSPS) is 13.5. The molecular weight excluding hydrogens is 307 g/mol. The smallest absolute Gasteiger partial charge is 0.265 e. The van der Waals surface area contributed by atoms with Gasteiger partial charge in [0.15, 0.2) is 0 Å². The first-order chi connectivity index (χ1) is 10.1. The second kappa shape index (κ2) is 8.28. The van der Waals surface area contributed by atoms with E-state index in [1.807, 2.05) is 0 Å². The fraction of sp³-hybridized carbons (Fsp3) is 0.667. The van der Waals surface area contributed by atoms with Crippen molar-refractivity contribution in [2.24, 2.45) is 13.0 Å². The van der Waals surface area contributed by atoms with Crippen LogP contribution in [0.1, 0.15) is 37.4 Å². The van der Waals surface area contributed by atoms with Gasteiger partial charge in [0.25, 0.3) is 0 Å². The Balaban J connectivity index is 0.00000135. The number of hydrogen-bond acceptors (Lipinski definition) is 5. The minimum Gasteiger partial charge on any atom is -0.265 e. The fourth-order valence-corrected chi connectivity index (χ4v) is 2.10. The van der Waals surface area contributed by atoms with E-state index in [1.165, 1.54) is 7.05 Å². The van der Waals surface area contributed by atoms with Crippen LogP contribution >= 0.6 is 0 Å². The maximum absolute atomic E-state index is 13.0. The molecule has 2 atom stereocenters. The molecule has 1 rings (SSSR count). The van der Waals surface area contributed by atoms with E-state index in [-0.39, 0.29) is 17.6 Å². The molecule has 0 radical (unpaired) electrons. The topological polar surface area (TPSA) is 95.1 Å². The molecule has 0 aliphatic carbocycles. The highest BCUT2D eigenvalue weighted by Gasteiger charge is 2.41. The van der Waals surface area contributed by atoms with Gasteiger partial charge in [0.2, 0.25) is 6.54 Å². The monoisotopic (exact) mass is 323 g/mol. The van der Waals surface area contributed by atoms with E-state index >= 15 is 0 Å². The Bertz CT molecular complexity index is 536. The number of nitrogens with zero attached hydrogens (tertiary/aromatic N) is 3. The summed E-state index contributed by atoms with van der Waals surface area (Å²) in [5.74, 6) is -1.01. The van der Waals surface area contributed by atoms with Crippen LogP contribution < -0.4 is 0 Å². The summed E-state index contributed by atoms with van der Waals surface area (Å²) in [5, 5.41) is 14.3. The third-order valence-corrected chi connectivity index (χ3v) is 3.31. The first-order valence-corrected chi connectivity index (χ1v) is 6.30. The minimum atomic E-state index is -4.57. The van der Waals surface area contributed by atoms with Crippen molar-refractivity contribution in [3.05, 3.63) is 27.6 Å². The first-order valence-electron chi connectivity index (χ1n) is 6.30. The number of halogens is 3. The Morgan fingerprint density at radius 3 is 2.32 bits per heavy atom. The van der Waals surface area contributed by atoms with Crippen LogP contribution in [-0.2, 0) is 22.8 Å². The summed E-state index contributed by atoms with van der Waals surface area (Å²) in [5.41, 5.74) is -0.999. The molecule has 0 aromatic carbocycles. The number of rotatable bonds is 5. The maximum Gasteiger partial charge on any atom is 0.433 e. The molecule has 1 unspecified atom stereocenters. The summed E-state index contributed by atoms with van der Waals surface area (Å²) in [6.45, 7) is 2.98. The lowest BCUT2D eigenvalue weighted by atomic mass is 9.85. The molecule has 1 aromatic rings. The van der Waals surface area contributed by atoms with Gasteiger partial charge in [-0.3, -0.25) is 14.8 Å². The molecule has 0 amide bonds. The van der Waals surface area contributed by atoms with Crippen molar-refractivity contribution in [2.45, 2.75) is 32.4 Å². The Hall–Kier alpha value is -2.22. The lowest BCUT2D eigenvalue weighted by Gasteiger charge is -2.20. The molecule has 124 valence electrons. The van der Waals surface area contributed by atoms with E-state index in [9.17, 15) is 23.3 Å². The van der Waals surface area contributed by atoms with Gasteiger partial charge in [-0.1, -0.05) is 20.3 Å². The van der Waals surface area contributed by atoms with Crippen LogP contribution in [0.3, 0.4) is 0 Å². The Morgan fingerprint density at radius 2 is 1.95 bits per heavy atom. The Kier molecular flexibility index (Phi) is 7.44. The number of carbonyl (C=O) groups excluding carboxylic acids is 2. The summed E-state index contributed by atoms with van der Waals surface area (Å²) in [6.07, 6.45) is -2.67. The second-order valence-electron chi connectivity index (χ2n) is 4.66. The molecule has 22 heavy (non-hydrogen) atoms. The van der Waals surface area contributed by atoms with Gasteiger partial charge in [-0.05, 0) is 5.92 Å². The predicted molar refractivity (Wildman–Crippen MR) is 67.3 cm³/mol. The molecule has 0 aliphatic heterocycles. The third kappa shape index (κ3) is 5.28. The zero-order valence-corrected chi connectivity index (χ0v) is 12.3. The van der Waals surface area contributed by atoms with Crippen LogP contribution in [0.25, 0.3) is 0 Å². The highest BCUT2D eigenvalue weighted by atomic mass is 19.4. The van der Waals surface area contributed by atoms with Gasteiger partial charge < -0.3 is 0 Å². The van der Waals surface area contributed by atoms with Gasteiger partial charge >= 0.3 is 12.3 Å². The lowest BCUT2D eigenvalue weighted by molar-refractivity contribution is -0.484. The van der Waals surface area contributed by atoms with Gasteiger partial charge in [0, 0.05) is 17.5 Å². The Morgan fingerprint density at radius 1 is 1.45 bits per heavy atom. The van der Waals surface area contributed by atoms with Crippen molar-refractivity contribution >= 4 is 6.15 Å². The summed E-state index contributed by atoms with van der Waals surface area (Å²) >= 11 is 0. The summed E-state index contributed by atoms with van der Waals surface area (Å²) in [7, 11) is 1.19. The zero-order chi connectivity index (χ0) is 17.5. The summed E-state index contributed by atoms with van der Waals surface area (Å²) in [6, 6.07) is 0. The SMILES string of the molecule is CCC(C)[C@H](C[N+](=O)[O-])c1cnn(C)c1C(F)(F)F.O=C=O. The highest BCUT2D eigenvalue weighted by molar-refractivity contribution is 5.26. The van der Waals surface area contributed by atoms with Gasteiger partial charge in [-0.25, -0.2) is 0 Å². The second-order valence-corrected chi connectivity index (χ2v) is 4.66. The molecule has 0 spiro atoms. The number of alkyl halides is 3. The number of aromatic nitrogens is 2. The summed E-state index contributed by atoms with van der Waals surface area (Å²) in [4.78, 5) is 26.3. The van der Waals surface area contributed by atoms with Gasteiger partial charge in [-0.15, -0.1) is 0 Å². The van der Waals surface area contributed by atoms with Crippen molar-refractivity contribution in [1.29, 1.82) is 0 Å². The van der Waals surface area contributed by atoms with Crippen molar-refractivity contribution in [3.8, 4) is 0 Å². The third-order valence-electron chi connectivity index (χ3n) is 3.31. The van der Waals surface area contributed by atoms with Crippen LogP contribution in [0.5, 0.6) is 0 Å². The molecule has 0 aliphatic rings. The van der Waals surface area contributed by atoms with Gasteiger partial charge in [0.1, 0.15) is 5.69 Å². The highest BCUT2D eigenvalue weighted by Crippen LogP contribution is 2.38. The van der Waals surface area contributed by atoms with E-state index in [4.69, 9.17) is 9.59 Å². The molecule has 0 saturated heterocycles. The lowest BCUT2D eigenvalue weighted by Crippen LogP contribution is -2.23. The van der Waals surface area contributed by atoms with Crippen molar-refractivity contribution in [1.82, 2.24) is 9.78 Å². The minimum absolute atomic E-state index is 0.0962. The van der Waals surface area contributed by atoms with Gasteiger partial charge in [0.05, 0.1) is 12.1 Å². The maximum atomic E-state index is 13.0. The van der Waals surface area contributed by atoms with Crippen LogP contribution in [0.4, 0.5) is 13.2 Å². The van der Waals surface area contributed by atoms with E-state index in [1.54, 1.807) is 13.8 Å². The molecule has 0 bridgehead atoms. The Labute approximate surface area is 124 Å². The molecule has 1 aromatic heterocycles. The zero-order valence-electron chi connectivity index (χ0n) is 12.3. The quantitative estimate of drug-likeness (QED) is 0.612. The molecular formula is C12H16F3N3O4. The van der Waals surface area contributed by atoms with Crippen LogP contribution in [0.15, 0.2) is 6.20 Å². The standard InChI is InChI=1S/C11H16F3N3O2.CO2/c1-4-7(2)9(6-17(18)19)8-5-15-16(3)10(8)11(12,13)14;2-1-3/h5,7,9H,4,6H2,1-3H3;/t7?,9-;/m0./s1. The molecule has 0 fully saturated rings. The predicted octanol–water partition coefficient (Wildman–Crippen LogP) is 2.26. The van der Waals surface area contributed by atoms with E-state index < -0.39 is 29.3 Å². The molecule has 10 heteroatoms. The van der Waals surface area contributed by atoms with Crippen molar-refractivity contribution < 1.29 is 27.7 Å². The number of nitro groups is 1. The van der Waals surface area contributed by atoms with Crippen LogP contribution in [0.2, 0.25) is 0 Å². The first kappa shape index (κ1) is 19.8. The average molecular weight is 323 g/mol. The molecule has 1 heterocycles. The largest absolute Gasteiger partial charge is 0.433 e. The molecule has 0 N–H and O–H groups in total. The molecule has 0 saturated carbocycles. The van der Waals surface area contributed by atoms with E-state index in [0.717, 1.165) is 10.9 Å². The van der Waals surface area contributed by atoms with Crippen LogP contribution in [0, 0.1) is 16.0 Å². The average Bonchev–Trinajstić information content (AvgIpc) is 2.77. The number of hydrogen-bond donors (Lipinski definition) is 0. The summed E-state index contributed by atoms with van der Waals surface area (Å²) < 4.78 is 39.7. The van der Waals surface area contributed by atoms with Crippen molar-refractivity contribution in [3.63, 3.8) is 0 Å². The fourth-order valence-electron chi connectivity index (χ4n) is 2.10. The van der Waals surface area contributed by atoms with Gasteiger partial charge in [-0.2, -0.15) is 27.9 Å².